The van der Waals surface area contributed by atoms with E-state index in [9.17, 15) is 4.79 Å². The van der Waals surface area contributed by atoms with Crippen LogP contribution in [0.3, 0.4) is 0 Å². The molecule has 0 spiro atoms. The summed E-state index contributed by atoms with van der Waals surface area (Å²) < 4.78 is 0.650. The van der Waals surface area contributed by atoms with Crippen molar-refractivity contribution in [3.8, 4) is 6.07 Å². The lowest BCUT2D eigenvalue weighted by atomic mass is 10.2. The van der Waals surface area contributed by atoms with Crippen molar-refractivity contribution in [1.29, 1.82) is 5.26 Å². The van der Waals surface area contributed by atoms with Crippen molar-refractivity contribution in [1.82, 2.24) is 4.98 Å². The molecule has 0 aliphatic heterocycles. The highest BCUT2D eigenvalue weighted by Crippen LogP contribution is 2.23. The SMILES string of the molecule is CNc1ccc(C(=O)Nc2ccc(C#N)cc2Br)nc1. The van der Waals surface area contributed by atoms with E-state index in [-0.39, 0.29) is 5.91 Å². The molecule has 0 aliphatic rings. The molecule has 1 amide bonds. The van der Waals surface area contributed by atoms with Gasteiger partial charge in [-0.1, -0.05) is 0 Å². The Morgan fingerprint density at radius 2 is 2.15 bits per heavy atom. The summed E-state index contributed by atoms with van der Waals surface area (Å²) in [7, 11) is 1.78. The number of rotatable bonds is 3. The number of nitrogens with zero attached hydrogens (tertiary/aromatic N) is 2. The summed E-state index contributed by atoms with van der Waals surface area (Å²) in [6.45, 7) is 0. The van der Waals surface area contributed by atoms with Gasteiger partial charge >= 0.3 is 0 Å². The summed E-state index contributed by atoms with van der Waals surface area (Å²) in [5, 5.41) is 14.5. The van der Waals surface area contributed by atoms with Gasteiger partial charge in [-0.2, -0.15) is 5.26 Å². The first-order valence-corrected chi connectivity index (χ1v) is 6.58. The largest absolute Gasteiger partial charge is 0.387 e. The van der Waals surface area contributed by atoms with Crippen molar-refractivity contribution in [3.63, 3.8) is 0 Å². The van der Waals surface area contributed by atoms with Crippen molar-refractivity contribution < 1.29 is 4.79 Å². The molecule has 0 saturated carbocycles. The number of halogens is 1. The third-order valence-electron chi connectivity index (χ3n) is 2.63. The summed E-state index contributed by atoms with van der Waals surface area (Å²) in [5.41, 5.74) is 2.27. The van der Waals surface area contributed by atoms with Crippen LogP contribution in [0.15, 0.2) is 41.0 Å². The molecule has 100 valence electrons. The molecule has 0 atom stereocenters. The van der Waals surface area contributed by atoms with Crippen LogP contribution in [-0.4, -0.2) is 17.9 Å². The summed E-state index contributed by atoms with van der Waals surface area (Å²) in [5.74, 6) is -0.307. The fraction of sp³-hybridized carbons (Fsp3) is 0.0714. The minimum Gasteiger partial charge on any atom is -0.387 e. The van der Waals surface area contributed by atoms with Crippen molar-refractivity contribution in [2.45, 2.75) is 0 Å². The molecule has 0 unspecified atom stereocenters. The average molecular weight is 331 g/mol. The number of amides is 1. The second-order valence-electron chi connectivity index (χ2n) is 3.94. The van der Waals surface area contributed by atoms with E-state index in [1.54, 1.807) is 43.6 Å². The molecule has 1 aromatic heterocycles. The maximum Gasteiger partial charge on any atom is 0.274 e. The van der Waals surface area contributed by atoms with E-state index in [0.717, 1.165) is 5.69 Å². The quantitative estimate of drug-likeness (QED) is 0.906. The summed E-state index contributed by atoms with van der Waals surface area (Å²) in [6, 6.07) is 10.4. The fourth-order valence-corrected chi connectivity index (χ4v) is 2.03. The number of aromatic nitrogens is 1. The minimum absolute atomic E-state index is 0.307. The van der Waals surface area contributed by atoms with Gasteiger partial charge in [0.15, 0.2) is 0 Å². The molecule has 2 rings (SSSR count). The third kappa shape index (κ3) is 3.13. The zero-order valence-corrected chi connectivity index (χ0v) is 12.2. The molecular weight excluding hydrogens is 320 g/mol. The van der Waals surface area contributed by atoms with Gasteiger partial charge < -0.3 is 10.6 Å². The van der Waals surface area contributed by atoms with Gasteiger partial charge in [-0.25, -0.2) is 4.98 Å². The van der Waals surface area contributed by atoms with Crippen molar-refractivity contribution in [2.75, 3.05) is 17.7 Å². The molecule has 0 radical (unpaired) electrons. The average Bonchev–Trinajstić information content (AvgIpc) is 2.49. The van der Waals surface area contributed by atoms with Gasteiger partial charge in [0.25, 0.3) is 5.91 Å². The van der Waals surface area contributed by atoms with Gasteiger partial charge in [0, 0.05) is 11.5 Å². The lowest BCUT2D eigenvalue weighted by molar-refractivity contribution is 0.102. The molecule has 2 N–H and O–H groups in total. The van der Waals surface area contributed by atoms with Crippen LogP contribution in [0.5, 0.6) is 0 Å². The third-order valence-corrected chi connectivity index (χ3v) is 3.29. The first-order valence-electron chi connectivity index (χ1n) is 5.79. The van der Waals surface area contributed by atoms with Crippen LogP contribution in [0, 0.1) is 11.3 Å². The van der Waals surface area contributed by atoms with Crippen LogP contribution < -0.4 is 10.6 Å². The van der Waals surface area contributed by atoms with Gasteiger partial charge in [-0.15, -0.1) is 0 Å². The molecular formula is C14H11BrN4O. The summed E-state index contributed by atoms with van der Waals surface area (Å²) in [4.78, 5) is 16.1. The van der Waals surface area contributed by atoms with Crippen molar-refractivity contribution >= 4 is 33.2 Å². The number of nitriles is 1. The van der Waals surface area contributed by atoms with Crippen molar-refractivity contribution in [3.05, 3.63) is 52.3 Å². The number of hydrogen-bond acceptors (Lipinski definition) is 4. The van der Waals surface area contributed by atoms with Crippen LogP contribution in [0.4, 0.5) is 11.4 Å². The van der Waals surface area contributed by atoms with E-state index in [1.165, 1.54) is 0 Å². The summed E-state index contributed by atoms with van der Waals surface area (Å²) >= 11 is 3.32. The number of carbonyl (C=O) groups excluding carboxylic acids is 1. The molecule has 0 aliphatic carbocycles. The molecule has 5 nitrogen and oxygen atoms in total. The van der Waals surface area contributed by atoms with Crippen LogP contribution in [0.2, 0.25) is 0 Å². The lowest BCUT2D eigenvalue weighted by Gasteiger charge is -2.07. The zero-order valence-electron chi connectivity index (χ0n) is 10.6. The van der Waals surface area contributed by atoms with E-state index >= 15 is 0 Å². The number of pyridine rings is 1. The van der Waals surface area contributed by atoms with E-state index in [1.807, 2.05) is 6.07 Å². The monoisotopic (exact) mass is 330 g/mol. The Balaban J connectivity index is 2.17. The molecule has 0 bridgehead atoms. The maximum absolute atomic E-state index is 12.0. The zero-order chi connectivity index (χ0) is 14.5. The second kappa shape index (κ2) is 6.17. The van der Waals surface area contributed by atoms with Gasteiger partial charge in [0.05, 0.1) is 29.2 Å². The highest BCUT2D eigenvalue weighted by atomic mass is 79.9. The van der Waals surface area contributed by atoms with Gasteiger partial charge in [0.2, 0.25) is 0 Å². The predicted molar refractivity (Wildman–Crippen MR) is 80.6 cm³/mol. The first-order chi connectivity index (χ1) is 9.63. The highest BCUT2D eigenvalue weighted by molar-refractivity contribution is 9.10. The lowest BCUT2D eigenvalue weighted by Crippen LogP contribution is -2.14. The summed E-state index contributed by atoms with van der Waals surface area (Å²) in [6.07, 6.45) is 1.59. The standard InChI is InChI=1S/C14H11BrN4O/c1-17-10-3-5-13(18-8-10)14(20)19-12-4-2-9(7-16)6-11(12)15/h2-6,8,17H,1H3,(H,19,20). The Labute approximate surface area is 124 Å². The molecule has 1 aromatic carbocycles. The van der Waals surface area contributed by atoms with Crippen LogP contribution in [-0.2, 0) is 0 Å². The topological polar surface area (TPSA) is 77.8 Å². The fourth-order valence-electron chi connectivity index (χ4n) is 1.55. The van der Waals surface area contributed by atoms with Crippen LogP contribution in [0.1, 0.15) is 16.1 Å². The number of nitrogens with one attached hydrogen (secondary N) is 2. The predicted octanol–water partition coefficient (Wildman–Crippen LogP) is 3.01. The molecule has 2 aromatic rings. The normalized spacial score (nSPS) is 9.65. The first kappa shape index (κ1) is 14.0. The molecule has 1 heterocycles. The Kier molecular flexibility index (Phi) is 4.33. The Bertz CT molecular complexity index is 677. The van der Waals surface area contributed by atoms with E-state index in [0.29, 0.717) is 21.4 Å². The number of hydrogen-bond donors (Lipinski definition) is 2. The Morgan fingerprint density at radius 1 is 1.35 bits per heavy atom. The number of benzene rings is 1. The second-order valence-corrected chi connectivity index (χ2v) is 4.80. The van der Waals surface area contributed by atoms with Gasteiger partial charge in [0.1, 0.15) is 5.69 Å². The van der Waals surface area contributed by atoms with Gasteiger partial charge in [-0.3, -0.25) is 4.79 Å². The van der Waals surface area contributed by atoms with Crippen LogP contribution in [0.25, 0.3) is 0 Å². The number of anilines is 2. The smallest absolute Gasteiger partial charge is 0.274 e. The Morgan fingerprint density at radius 3 is 2.70 bits per heavy atom. The maximum atomic E-state index is 12.0. The number of carbonyl (C=O) groups is 1. The van der Waals surface area contributed by atoms with Crippen molar-refractivity contribution in [2.24, 2.45) is 0 Å². The molecule has 0 saturated heterocycles. The van der Waals surface area contributed by atoms with E-state index in [2.05, 4.69) is 31.5 Å². The van der Waals surface area contributed by atoms with E-state index in [4.69, 9.17) is 5.26 Å². The minimum atomic E-state index is -0.307. The highest BCUT2D eigenvalue weighted by Gasteiger charge is 2.10. The van der Waals surface area contributed by atoms with E-state index < -0.39 is 0 Å². The van der Waals surface area contributed by atoms with Gasteiger partial charge in [-0.05, 0) is 46.3 Å². The Hall–Kier alpha value is -2.39. The van der Waals surface area contributed by atoms with Crippen LogP contribution >= 0.6 is 15.9 Å². The molecule has 0 fully saturated rings. The molecule has 20 heavy (non-hydrogen) atoms. The molecule has 6 heteroatoms.